The zero-order valence-corrected chi connectivity index (χ0v) is 11.8. The Balaban J connectivity index is 1.67. The molecule has 0 radical (unpaired) electrons. The second-order valence-electron chi connectivity index (χ2n) is 5.36. The number of rotatable bonds is 3. The molecule has 1 N–H and O–H groups in total. The van der Waals surface area contributed by atoms with Crippen LogP contribution in [0.5, 0.6) is 0 Å². The van der Waals surface area contributed by atoms with E-state index in [2.05, 4.69) is 4.99 Å². The molecule has 20 heavy (non-hydrogen) atoms. The predicted octanol–water partition coefficient (Wildman–Crippen LogP) is 3.14. The first-order chi connectivity index (χ1) is 9.63. The highest BCUT2D eigenvalue weighted by Crippen LogP contribution is 2.40. The first kappa shape index (κ1) is 13.6. The lowest BCUT2D eigenvalue weighted by Gasteiger charge is -2.27. The minimum atomic E-state index is -0.702. The second kappa shape index (κ2) is 5.56. The van der Waals surface area contributed by atoms with Crippen molar-refractivity contribution in [3.8, 4) is 0 Å². The van der Waals surface area contributed by atoms with E-state index in [1.165, 1.54) is 6.07 Å². The largest absolute Gasteiger partial charge is 0.481 e. The number of aliphatic carboxylic acids is 1. The second-order valence-corrected chi connectivity index (χ2v) is 6.68. The number of hydrogen-bond donors (Lipinski definition) is 1. The minimum Gasteiger partial charge on any atom is -0.481 e. The smallest absolute Gasteiger partial charge is 0.306 e. The fourth-order valence-electron chi connectivity index (χ4n) is 2.89. The minimum absolute atomic E-state index is 0.200. The summed E-state index contributed by atoms with van der Waals surface area (Å²) in [5.41, 5.74) is 0.659. The van der Waals surface area contributed by atoms with E-state index in [0.29, 0.717) is 24.8 Å². The van der Waals surface area contributed by atoms with Crippen molar-refractivity contribution in [2.24, 2.45) is 10.9 Å². The monoisotopic (exact) mass is 293 g/mol. The van der Waals surface area contributed by atoms with Gasteiger partial charge in [0.05, 0.1) is 17.0 Å². The molecule has 3 rings (SSSR count). The lowest BCUT2D eigenvalue weighted by Crippen LogP contribution is -2.31. The number of nitrogens with zero attached hydrogens (tertiary/aromatic N) is 1. The van der Waals surface area contributed by atoms with Crippen molar-refractivity contribution in [2.45, 2.75) is 37.0 Å². The number of fused-ring (bicyclic) bond motifs is 1. The molecule has 1 aromatic carbocycles. The first-order valence-electron chi connectivity index (χ1n) is 6.83. The molecule has 0 aromatic heterocycles. The SMILES string of the molecule is O=C(O)C1CCC2N=C(Cc3ccccc3F)SC2C1. The molecule has 3 nitrogen and oxygen atoms in total. The van der Waals surface area contributed by atoms with Crippen LogP contribution in [0.2, 0.25) is 0 Å². The van der Waals surface area contributed by atoms with Gasteiger partial charge >= 0.3 is 5.97 Å². The molecule has 1 heterocycles. The molecule has 1 aromatic rings. The van der Waals surface area contributed by atoms with Crippen LogP contribution in [0.1, 0.15) is 24.8 Å². The van der Waals surface area contributed by atoms with Gasteiger partial charge in [0.25, 0.3) is 0 Å². The van der Waals surface area contributed by atoms with Crippen LogP contribution in [0.25, 0.3) is 0 Å². The molecular formula is C15H16FNO2S. The van der Waals surface area contributed by atoms with Crippen LogP contribution in [0.3, 0.4) is 0 Å². The van der Waals surface area contributed by atoms with Crippen LogP contribution < -0.4 is 0 Å². The van der Waals surface area contributed by atoms with Gasteiger partial charge in [-0.25, -0.2) is 4.39 Å². The fourth-order valence-corrected chi connectivity index (χ4v) is 4.36. The molecule has 1 aliphatic carbocycles. The number of carboxylic acids is 1. The lowest BCUT2D eigenvalue weighted by molar-refractivity contribution is -0.142. The van der Waals surface area contributed by atoms with Crippen molar-refractivity contribution in [1.29, 1.82) is 0 Å². The molecule has 5 heteroatoms. The van der Waals surface area contributed by atoms with Crippen molar-refractivity contribution in [2.75, 3.05) is 0 Å². The normalized spacial score (nSPS) is 28.9. The van der Waals surface area contributed by atoms with Crippen LogP contribution in [0.15, 0.2) is 29.3 Å². The molecule has 106 valence electrons. The third kappa shape index (κ3) is 2.73. The van der Waals surface area contributed by atoms with Gasteiger partial charge in [0.15, 0.2) is 0 Å². The zero-order valence-electron chi connectivity index (χ0n) is 11.0. The van der Waals surface area contributed by atoms with Gasteiger partial charge in [-0.1, -0.05) is 18.2 Å². The van der Waals surface area contributed by atoms with Gasteiger partial charge in [-0.2, -0.15) is 0 Å². The fraction of sp³-hybridized carbons (Fsp3) is 0.467. The summed E-state index contributed by atoms with van der Waals surface area (Å²) in [6.07, 6.45) is 2.72. The van der Waals surface area contributed by atoms with E-state index >= 15 is 0 Å². The van der Waals surface area contributed by atoms with Crippen LogP contribution in [-0.2, 0) is 11.2 Å². The van der Waals surface area contributed by atoms with E-state index in [1.807, 2.05) is 6.07 Å². The molecule has 0 amide bonds. The Morgan fingerprint density at radius 3 is 2.95 bits per heavy atom. The predicted molar refractivity (Wildman–Crippen MR) is 77.7 cm³/mol. The number of hydrogen-bond acceptors (Lipinski definition) is 3. The number of thioether (sulfide) groups is 1. The van der Waals surface area contributed by atoms with E-state index in [0.717, 1.165) is 11.5 Å². The molecule has 1 saturated carbocycles. The molecule has 2 aliphatic rings. The maximum Gasteiger partial charge on any atom is 0.306 e. The maximum atomic E-state index is 13.6. The first-order valence-corrected chi connectivity index (χ1v) is 7.71. The summed E-state index contributed by atoms with van der Waals surface area (Å²) >= 11 is 1.64. The molecule has 0 bridgehead atoms. The molecule has 0 saturated heterocycles. The molecular weight excluding hydrogens is 277 g/mol. The van der Waals surface area contributed by atoms with Crippen molar-refractivity contribution in [3.05, 3.63) is 35.6 Å². The van der Waals surface area contributed by atoms with Crippen molar-refractivity contribution in [1.82, 2.24) is 0 Å². The zero-order chi connectivity index (χ0) is 14.1. The van der Waals surface area contributed by atoms with Gasteiger partial charge in [-0.05, 0) is 30.9 Å². The van der Waals surface area contributed by atoms with E-state index < -0.39 is 5.97 Å². The van der Waals surface area contributed by atoms with Crippen LogP contribution >= 0.6 is 11.8 Å². The highest BCUT2D eigenvalue weighted by molar-refractivity contribution is 8.14. The Morgan fingerprint density at radius 1 is 1.40 bits per heavy atom. The van der Waals surface area contributed by atoms with Crippen LogP contribution in [0.4, 0.5) is 4.39 Å². The number of carboxylic acid groups (broad SMARTS) is 1. The van der Waals surface area contributed by atoms with Crippen molar-refractivity contribution < 1.29 is 14.3 Å². The van der Waals surface area contributed by atoms with Crippen LogP contribution in [-0.4, -0.2) is 27.4 Å². The Bertz CT molecular complexity index is 561. The summed E-state index contributed by atoms with van der Waals surface area (Å²) in [7, 11) is 0. The van der Waals surface area contributed by atoms with Crippen LogP contribution in [0, 0.1) is 11.7 Å². The number of carbonyl (C=O) groups is 1. The van der Waals surface area contributed by atoms with Gasteiger partial charge in [0.1, 0.15) is 5.82 Å². The average molecular weight is 293 g/mol. The highest BCUT2D eigenvalue weighted by Gasteiger charge is 2.38. The highest BCUT2D eigenvalue weighted by atomic mass is 32.2. The summed E-state index contributed by atoms with van der Waals surface area (Å²) < 4.78 is 13.6. The molecule has 3 atom stereocenters. The van der Waals surface area contributed by atoms with E-state index in [1.54, 1.807) is 23.9 Å². The molecule has 1 fully saturated rings. The summed E-state index contributed by atoms with van der Waals surface area (Å²) in [5.74, 6) is -1.15. The van der Waals surface area contributed by atoms with E-state index in [4.69, 9.17) is 5.11 Å². The molecule has 1 aliphatic heterocycles. The third-order valence-corrected chi connectivity index (χ3v) is 5.33. The molecule has 3 unspecified atom stereocenters. The third-order valence-electron chi connectivity index (χ3n) is 4.00. The average Bonchev–Trinajstić information content (AvgIpc) is 2.82. The number of aliphatic imine (C=N–C) groups is 1. The van der Waals surface area contributed by atoms with Gasteiger partial charge < -0.3 is 5.11 Å². The van der Waals surface area contributed by atoms with Crippen molar-refractivity contribution in [3.63, 3.8) is 0 Å². The van der Waals surface area contributed by atoms with Gasteiger partial charge in [0, 0.05) is 11.7 Å². The van der Waals surface area contributed by atoms with E-state index in [9.17, 15) is 9.18 Å². The molecule has 0 spiro atoms. The van der Waals surface area contributed by atoms with Gasteiger partial charge in [0.2, 0.25) is 0 Å². The lowest BCUT2D eigenvalue weighted by atomic mass is 9.86. The summed E-state index contributed by atoms with van der Waals surface area (Å²) in [6, 6.07) is 6.97. The Kier molecular flexibility index (Phi) is 3.78. The summed E-state index contributed by atoms with van der Waals surface area (Å²) in [5, 5.41) is 10.3. The quantitative estimate of drug-likeness (QED) is 0.931. The van der Waals surface area contributed by atoms with E-state index in [-0.39, 0.29) is 23.0 Å². The Morgan fingerprint density at radius 2 is 2.20 bits per heavy atom. The summed E-state index contributed by atoms with van der Waals surface area (Å²) in [4.78, 5) is 15.7. The summed E-state index contributed by atoms with van der Waals surface area (Å²) in [6.45, 7) is 0. The van der Waals surface area contributed by atoms with Crippen molar-refractivity contribution >= 4 is 22.8 Å². The Labute approximate surface area is 121 Å². The van der Waals surface area contributed by atoms with Gasteiger partial charge in [-0.15, -0.1) is 11.8 Å². The number of benzene rings is 1. The Hall–Kier alpha value is -1.36. The maximum absolute atomic E-state index is 13.6. The topological polar surface area (TPSA) is 49.7 Å². The standard InChI is InChI=1S/C15H16FNO2S/c16-11-4-2-1-3-9(11)8-14-17-12-6-5-10(15(18)19)7-13(12)20-14/h1-4,10,12-13H,5-8H2,(H,18,19). The number of halogens is 1. The van der Waals surface area contributed by atoms with Gasteiger partial charge in [-0.3, -0.25) is 9.79 Å².